The molecule has 4 nitrogen and oxygen atoms in total. The quantitative estimate of drug-likeness (QED) is 0.695. The molecule has 0 saturated heterocycles. The molecule has 1 heterocycles. The Morgan fingerprint density at radius 3 is 2.65 bits per heavy atom. The van der Waals surface area contributed by atoms with E-state index in [1.807, 2.05) is 18.7 Å². The van der Waals surface area contributed by atoms with E-state index in [2.05, 4.69) is 6.92 Å². The van der Waals surface area contributed by atoms with Gasteiger partial charge in [-0.05, 0) is 24.3 Å². The van der Waals surface area contributed by atoms with Gasteiger partial charge in [-0.15, -0.1) is 0 Å². The Morgan fingerprint density at radius 1 is 1.24 bits per heavy atom. The van der Waals surface area contributed by atoms with Crippen molar-refractivity contribution in [2.75, 3.05) is 11.5 Å². The van der Waals surface area contributed by atoms with Crippen molar-refractivity contribution in [1.82, 2.24) is 9.13 Å². The summed E-state index contributed by atoms with van der Waals surface area (Å²) < 4.78 is 2.94. The van der Waals surface area contributed by atoms with Gasteiger partial charge < -0.3 is 4.57 Å². The third-order valence-electron chi connectivity index (χ3n) is 2.48. The maximum Gasteiger partial charge on any atom is 0.330 e. The summed E-state index contributed by atoms with van der Waals surface area (Å²) in [4.78, 5) is 23.6. The molecule has 0 aromatic carbocycles. The molecule has 0 amide bonds. The van der Waals surface area contributed by atoms with Crippen molar-refractivity contribution in [2.45, 2.75) is 39.8 Å². The molecule has 0 bridgehead atoms. The summed E-state index contributed by atoms with van der Waals surface area (Å²) in [7, 11) is 0. The number of hydrogen-bond acceptors (Lipinski definition) is 3. The van der Waals surface area contributed by atoms with E-state index in [1.54, 1.807) is 10.8 Å². The van der Waals surface area contributed by atoms with E-state index in [4.69, 9.17) is 0 Å². The predicted octanol–water partition coefficient (Wildman–Crippen LogP) is 1.56. The van der Waals surface area contributed by atoms with Gasteiger partial charge >= 0.3 is 5.69 Å². The Kier molecular flexibility index (Phi) is 6.11. The van der Waals surface area contributed by atoms with Crippen LogP contribution in [0.5, 0.6) is 0 Å². The van der Waals surface area contributed by atoms with Gasteiger partial charge in [-0.2, -0.15) is 11.8 Å². The summed E-state index contributed by atoms with van der Waals surface area (Å²) in [5.41, 5.74) is -0.371. The third kappa shape index (κ3) is 4.07. The highest BCUT2D eigenvalue weighted by atomic mass is 32.2. The van der Waals surface area contributed by atoms with Crippen molar-refractivity contribution in [3.8, 4) is 0 Å². The summed E-state index contributed by atoms with van der Waals surface area (Å²) in [6, 6.07) is 1.48. The molecule has 0 N–H and O–H groups in total. The standard InChI is InChI=1S/C12H20N2O2S/c1-3-7-13-9-6-11(15)14(12(13)16)8-5-10-17-4-2/h6,9H,3-5,7-8,10H2,1-2H3. The summed E-state index contributed by atoms with van der Waals surface area (Å²) in [6.45, 7) is 5.31. The fourth-order valence-corrected chi connectivity index (χ4v) is 2.26. The van der Waals surface area contributed by atoms with Gasteiger partial charge in [-0.1, -0.05) is 13.8 Å². The average Bonchev–Trinajstić information content (AvgIpc) is 2.32. The molecule has 0 spiro atoms. The van der Waals surface area contributed by atoms with Gasteiger partial charge in [0.1, 0.15) is 0 Å². The minimum atomic E-state index is -0.191. The zero-order chi connectivity index (χ0) is 12.7. The molecule has 0 aliphatic carbocycles. The lowest BCUT2D eigenvalue weighted by atomic mass is 10.4. The van der Waals surface area contributed by atoms with E-state index >= 15 is 0 Å². The van der Waals surface area contributed by atoms with Gasteiger partial charge in [0.2, 0.25) is 0 Å². The van der Waals surface area contributed by atoms with Gasteiger partial charge in [0, 0.05) is 25.4 Å². The molecule has 5 heteroatoms. The number of thioether (sulfide) groups is 1. The second-order valence-corrected chi connectivity index (χ2v) is 5.23. The molecule has 0 aliphatic rings. The SMILES string of the molecule is CCCn1ccc(=O)n(CCCSCC)c1=O. The number of nitrogens with zero attached hydrogens (tertiary/aromatic N) is 2. The van der Waals surface area contributed by atoms with E-state index in [0.717, 1.165) is 24.3 Å². The van der Waals surface area contributed by atoms with Crippen molar-refractivity contribution in [3.05, 3.63) is 33.1 Å². The minimum absolute atomic E-state index is 0.180. The predicted molar refractivity (Wildman–Crippen MR) is 72.9 cm³/mol. The van der Waals surface area contributed by atoms with E-state index in [-0.39, 0.29) is 11.2 Å². The van der Waals surface area contributed by atoms with Gasteiger partial charge in [0.05, 0.1) is 0 Å². The van der Waals surface area contributed by atoms with Crippen LogP contribution in [0, 0.1) is 0 Å². The summed E-state index contributed by atoms with van der Waals surface area (Å²) >= 11 is 1.83. The smallest absolute Gasteiger partial charge is 0.300 e. The first-order chi connectivity index (χ1) is 8.20. The van der Waals surface area contributed by atoms with Gasteiger partial charge in [-0.25, -0.2) is 4.79 Å². The number of rotatable bonds is 7. The lowest BCUT2D eigenvalue weighted by Gasteiger charge is -2.08. The Morgan fingerprint density at radius 2 is 2.00 bits per heavy atom. The average molecular weight is 256 g/mol. The Labute approximate surface area is 106 Å². The second kappa shape index (κ2) is 7.37. The summed E-state index contributed by atoms with van der Waals surface area (Å²) in [5, 5.41) is 0. The van der Waals surface area contributed by atoms with Crippen LogP contribution in [0.4, 0.5) is 0 Å². The Bertz CT molecular complexity index is 451. The monoisotopic (exact) mass is 256 g/mol. The van der Waals surface area contributed by atoms with Crippen molar-refractivity contribution in [2.24, 2.45) is 0 Å². The lowest BCUT2D eigenvalue weighted by Crippen LogP contribution is -2.39. The van der Waals surface area contributed by atoms with Crippen LogP contribution in [-0.2, 0) is 13.1 Å². The third-order valence-corrected chi connectivity index (χ3v) is 3.46. The zero-order valence-corrected chi connectivity index (χ0v) is 11.3. The highest BCUT2D eigenvalue weighted by molar-refractivity contribution is 7.99. The molecule has 0 aliphatic heterocycles. The van der Waals surface area contributed by atoms with Crippen molar-refractivity contribution in [1.29, 1.82) is 0 Å². The number of hydrogen-bond donors (Lipinski definition) is 0. The molecule has 0 atom stereocenters. The molecular formula is C12H20N2O2S. The first-order valence-corrected chi connectivity index (χ1v) is 7.24. The molecule has 0 saturated carbocycles. The van der Waals surface area contributed by atoms with Crippen molar-refractivity contribution in [3.63, 3.8) is 0 Å². The minimum Gasteiger partial charge on any atom is -0.300 e. The van der Waals surface area contributed by atoms with Gasteiger partial charge in [0.25, 0.3) is 5.56 Å². The van der Waals surface area contributed by atoms with Crippen LogP contribution < -0.4 is 11.2 Å². The molecule has 0 unspecified atom stereocenters. The second-order valence-electron chi connectivity index (χ2n) is 3.83. The molecule has 96 valence electrons. The first kappa shape index (κ1) is 14.1. The highest BCUT2D eigenvalue weighted by Crippen LogP contribution is 2.00. The van der Waals surface area contributed by atoms with Crippen LogP contribution in [0.1, 0.15) is 26.7 Å². The fourth-order valence-electron chi connectivity index (χ4n) is 1.64. The number of aromatic nitrogens is 2. The van der Waals surface area contributed by atoms with E-state index in [0.29, 0.717) is 13.1 Å². The Hall–Kier alpha value is -0.970. The maximum absolute atomic E-state index is 12.0. The van der Waals surface area contributed by atoms with E-state index in [1.165, 1.54) is 10.6 Å². The van der Waals surface area contributed by atoms with Gasteiger partial charge in [0.15, 0.2) is 0 Å². The van der Waals surface area contributed by atoms with Crippen molar-refractivity contribution < 1.29 is 0 Å². The largest absolute Gasteiger partial charge is 0.330 e. The van der Waals surface area contributed by atoms with E-state index < -0.39 is 0 Å². The molecule has 0 radical (unpaired) electrons. The molecular weight excluding hydrogens is 236 g/mol. The van der Waals surface area contributed by atoms with E-state index in [9.17, 15) is 9.59 Å². The fraction of sp³-hybridized carbons (Fsp3) is 0.667. The summed E-state index contributed by atoms with van der Waals surface area (Å²) in [6.07, 6.45) is 3.35. The molecule has 1 rings (SSSR count). The molecule has 0 fully saturated rings. The molecule has 1 aromatic heterocycles. The van der Waals surface area contributed by atoms with Crippen LogP contribution in [0.3, 0.4) is 0 Å². The lowest BCUT2D eigenvalue weighted by molar-refractivity contribution is 0.542. The van der Waals surface area contributed by atoms with Crippen molar-refractivity contribution >= 4 is 11.8 Å². The van der Waals surface area contributed by atoms with Crippen LogP contribution in [0.25, 0.3) is 0 Å². The Balaban J connectivity index is 2.79. The normalized spacial score (nSPS) is 10.7. The van der Waals surface area contributed by atoms with Crippen LogP contribution in [0.2, 0.25) is 0 Å². The number of aryl methyl sites for hydroxylation is 1. The van der Waals surface area contributed by atoms with Crippen LogP contribution in [0.15, 0.2) is 21.9 Å². The van der Waals surface area contributed by atoms with Crippen LogP contribution in [-0.4, -0.2) is 20.6 Å². The summed E-state index contributed by atoms with van der Waals surface area (Å²) in [5.74, 6) is 2.06. The highest BCUT2D eigenvalue weighted by Gasteiger charge is 2.03. The van der Waals surface area contributed by atoms with Gasteiger partial charge in [-0.3, -0.25) is 9.36 Å². The molecule has 17 heavy (non-hydrogen) atoms. The topological polar surface area (TPSA) is 44.0 Å². The first-order valence-electron chi connectivity index (χ1n) is 6.08. The van der Waals surface area contributed by atoms with Crippen LogP contribution >= 0.6 is 11.8 Å². The zero-order valence-electron chi connectivity index (χ0n) is 10.5. The maximum atomic E-state index is 12.0. The molecule has 1 aromatic rings.